The second-order valence-corrected chi connectivity index (χ2v) is 5.13. The molecule has 1 aromatic rings. The van der Waals surface area contributed by atoms with E-state index in [0.717, 1.165) is 25.1 Å². The van der Waals surface area contributed by atoms with Crippen molar-refractivity contribution in [3.63, 3.8) is 0 Å². The molecule has 1 rings (SSSR count). The van der Waals surface area contributed by atoms with Crippen LogP contribution in [0.15, 0.2) is 23.4 Å². The van der Waals surface area contributed by atoms with Crippen LogP contribution in [-0.4, -0.2) is 29.0 Å². The predicted molar refractivity (Wildman–Crippen MR) is 79.3 cm³/mol. The van der Waals surface area contributed by atoms with Crippen LogP contribution in [0.5, 0.6) is 0 Å². The van der Waals surface area contributed by atoms with Gasteiger partial charge in [-0.05, 0) is 30.2 Å². The number of rotatable bonds is 7. The van der Waals surface area contributed by atoms with E-state index >= 15 is 0 Å². The minimum atomic E-state index is -0.389. The molecule has 1 unspecified atom stereocenters. The van der Waals surface area contributed by atoms with Crippen LogP contribution in [0.2, 0.25) is 0 Å². The average molecular weight is 281 g/mol. The third-order valence-corrected chi connectivity index (χ3v) is 3.56. The largest absolute Gasteiger partial charge is 0.409 e. The summed E-state index contributed by atoms with van der Waals surface area (Å²) in [6.45, 7) is 9.00. The van der Waals surface area contributed by atoms with E-state index in [9.17, 15) is 4.39 Å². The molecule has 0 saturated heterocycles. The summed E-state index contributed by atoms with van der Waals surface area (Å²) >= 11 is 0. The molecule has 5 heteroatoms. The topological polar surface area (TPSA) is 61.8 Å². The quantitative estimate of drug-likeness (QED) is 0.350. The van der Waals surface area contributed by atoms with Crippen molar-refractivity contribution in [1.82, 2.24) is 4.90 Å². The Balaban J connectivity index is 2.95. The van der Waals surface area contributed by atoms with E-state index in [1.807, 2.05) is 0 Å². The van der Waals surface area contributed by atoms with Gasteiger partial charge in [0.15, 0.2) is 5.84 Å². The predicted octanol–water partition coefficient (Wildman–Crippen LogP) is 2.79. The van der Waals surface area contributed by atoms with Gasteiger partial charge in [-0.2, -0.15) is 0 Å². The molecule has 20 heavy (non-hydrogen) atoms. The molecule has 4 nitrogen and oxygen atoms in total. The van der Waals surface area contributed by atoms with Crippen LogP contribution < -0.4 is 5.73 Å². The van der Waals surface area contributed by atoms with Gasteiger partial charge in [0, 0.05) is 18.7 Å². The number of hydrogen-bond donors (Lipinski definition) is 2. The van der Waals surface area contributed by atoms with Crippen molar-refractivity contribution in [3.05, 3.63) is 35.1 Å². The van der Waals surface area contributed by atoms with Crippen LogP contribution in [-0.2, 0) is 6.54 Å². The molecule has 0 aliphatic carbocycles. The Kier molecular flexibility index (Phi) is 6.45. The van der Waals surface area contributed by atoms with Gasteiger partial charge in [-0.1, -0.05) is 38.4 Å². The lowest BCUT2D eigenvalue weighted by Crippen LogP contribution is -2.29. The van der Waals surface area contributed by atoms with Gasteiger partial charge in [0.05, 0.1) is 0 Å². The van der Waals surface area contributed by atoms with Crippen LogP contribution >= 0.6 is 0 Å². The first-order valence-electron chi connectivity index (χ1n) is 7.00. The average Bonchev–Trinajstić information content (AvgIpc) is 2.46. The molecular formula is C15H24FN3O. The summed E-state index contributed by atoms with van der Waals surface area (Å²) in [5, 5.41) is 11.8. The summed E-state index contributed by atoms with van der Waals surface area (Å²) in [5.41, 5.74) is 6.94. The van der Waals surface area contributed by atoms with Crippen molar-refractivity contribution < 1.29 is 9.60 Å². The second-order valence-electron chi connectivity index (χ2n) is 5.13. The van der Waals surface area contributed by atoms with Gasteiger partial charge in [0.25, 0.3) is 0 Å². The van der Waals surface area contributed by atoms with Gasteiger partial charge in [-0.15, -0.1) is 0 Å². The Morgan fingerprint density at radius 3 is 2.70 bits per heavy atom. The van der Waals surface area contributed by atoms with E-state index in [0.29, 0.717) is 18.0 Å². The molecule has 112 valence electrons. The van der Waals surface area contributed by atoms with Gasteiger partial charge in [0.2, 0.25) is 0 Å². The maximum atomic E-state index is 13.3. The summed E-state index contributed by atoms with van der Waals surface area (Å²) in [6, 6.07) is 4.41. The molecular weight excluding hydrogens is 257 g/mol. The fourth-order valence-electron chi connectivity index (χ4n) is 2.10. The van der Waals surface area contributed by atoms with Gasteiger partial charge >= 0.3 is 0 Å². The fourth-order valence-corrected chi connectivity index (χ4v) is 2.10. The van der Waals surface area contributed by atoms with Crippen LogP contribution in [0.4, 0.5) is 4.39 Å². The lowest BCUT2D eigenvalue weighted by molar-refractivity contribution is 0.238. The molecule has 0 fully saturated rings. The van der Waals surface area contributed by atoms with Crippen molar-refractivity contribution in [2.24, 2.45) is 16.8 Å². The minimum absolute atomic E-state index is 0.0564. The molecule has 0 radical (unpaired) electrons. The fraction of sp³-hybridized carbons (Fsp3) is 0.533. The van der Waals surface area contributed by atoms with Crippen molar-refractivity contribution in [2.75, 3.05) is 13.1 Å². The highest BCUT2D eigenvalue weighted by atomic mass is 19.1. The zero-order chi connectivity index (χ0) is 15.1. The van der Waals surface area contributed by atoms with Crippen LogP contribution in [0.25, 0.3) is 0 Å². The third-order valence-electron chi connectivity index (χ3n) is 3.56. The Hall–Kier alpha value is -1.62. The highest BCUT2D eigenvalue weighted by molar-refractivity contribution is 5.98. The van der Waals surface area contributed by atoms with Gasteiger partial charge in [0.1, 0.15) is 5.82 Å². The van der Waals surface area contributed by atoms with Gasteiger partial charge in [-0.3, -0.25) is 4.90 Å². The molecule has 0 spiro atoms. The Labute approximate surface area is 120 Å². The van der Waals surface area contributed by atoms with Crippen LogP contribution in [0, 0.1) is 11.7 Å². The molecule has 3 N–H and O–H groups in total. The number of nitrogens with two attached hydrogens (primary N) is 1. The minimum Gasteiger partial charge on any atom is -0.409 e. The lowest BCUT2D eigenvalue weighted by atomic mass is 10.0. The Morgan fingerprint density at radius 2 is 2.15 bits per heavy atom. The zero-order valence-electron chi connectivity index (χ0n) is 12.4. The van der Waals surface area contributed by atoms with Crippen molar-refractivity contribution in [2.45, 2.75) is 33.7 Å². The first-order chi connectivity index (χ1) is 9.51. The smallest absolute Gasteiger partial charge is 0.170 e. The van der Waals surface area contributed by atoms with E-state index in [1.54, 1.807) is 6.07 Å². The summed E-state index contributed by atoms with van der Waals surface area (Å²) in [4.78, 5) is 2.27. The molecule has 0 saturated carbocycles. The zero-order valence-corrected chi connectivity index (χ0v) is 12.4. The normalized spacial score (nSPS) is 13.8. The maximum Gasteiger partial charge on any atom is 0.170 e. The lowest BCUT2D eigenvalue weighted by Gasteiger charge is -2.24. The highest BCUT2D eigenvalue weighted by Crippen LogP contribution is 2.15. The number of halogens is 1. The molecule has 0 heterocycles. The van der Waals surface area contributed by atoms with Crippen molar-refractivity contribution in [3.8, 4) is 0 Å². The van der Waals surface area contributed by atoms with Crippen LogP contribution in [0.3, 0.4) is 0 Å². The SMILES string of the molecule is CCC(C)CN(CC)Cc1ccc(F)cc1C(N)=NO. The molecule has 0 bridgehead atoms. The first-order valence-corrected chi connectivity index (χ1v) is 7.00. The molecule has 0 amide bonds. The summed E-state index contributed by atoms with van der Waals surface area (Å²) in [7, 11) is 0. The summed E-state index contributed by atoms with van der Waals surface area (Å²) in [6.07, 6.45) is 1.12. The summed E-state index contributed by atoms with van der Waals surface area (Å²) < 4.78 is 13.3. The van der Waals surface area contributed by atoms with Gasteiger partial charge < -0.3 is 10.9 Å². The number of oxime groups is 1. The Bertz CT molecular complexity index is 462. The molecule has 1 atom stereocenters. The second kappa shape index (κ2) is 7.85. The van der Waals surface area contributed by atoms with Crippen molar-refractivity contribution in [1.29, 1.82) is 0 Å². The van der Waals surface area contributed by atoms with Crippen LogP contribution in [0.1, 0.15) is 38.3 Å². The third kappa shape index (κ3) is 4.49. The molecule has 0 aliphatic rings. The van der Waals surface area contributed by atoms with E-state index in [1.165, 1.54) is 12.1 Å². The van der Waals surface area contributed by atoms with E-state index in [4.69, 9.17) is 10.9 Å². The molecule has 1 aromatic carbocycles. The van der Waals surface area contributed by atoms with Crippen molar-refractivity contribution >= 4 is 5.84 Å². The number of amidine groups is 1. The molecule has 0 aromatic heterocycles. The number of hydrogen-bond acceptors (Lipinski definition) is 3. The Morgan fingerprint density at radius 1 is 1.45 bits per heavy atom. The van der Waals surface area contributed by atoms with E-state index in [2.05, 4.69) is 30.8 Å². The number of benzene rings is 1. The summed E-state index contributed by atoms with van der Waals surface area (Å²) in [5.74, 6) is 0.155. The molecule has 0 aliphatic heterocycles. The van der Waals surface area contributed by atoms with E-state index < -0.39 is 0 Å². The maximum absolute atomic E-state index is 13.3. The van der Waals surface area contributed by atoms with E-state index in [-0.39, 0.29) is 11.7 Å². The monoisotopic (exact) mass is 281 g/mol. The standard InChI is InChI=1S/C15H24FN3O/c1-4-11(3)9-19(5-2)10-12-6-7-13(16)8-14(12)15(17)18-20/h6-8,11,20H,4-5,9-10H2,1-3H3,(H2,17,18). The number of nitrogens with zero attached hydrogens (tertiary/aromatic N) is 2. The first kappa shape index (κ1) is 16.4. The highest BCUT2D eigenvalue weighted by Gasteiger charge is 2.13. The van der Waals surface area contributed by atoms with Gasteiger partial charge in [-0.25, -0.2) is 4.39 Å².